The van der Waals surface area contributed by atoms with Gasteiger partial charge in [0.25, 0.3) is 0 Å². The molecule has 0 aromatic heterocycles. The Balaban J connectivity index is 2.32. The van der Waals surface area contributed by atoms with Gasteiger partial charge in [-0.05, 0) is 37.5 Å². The van der Waals surface area contributed by atoms with Gasteiger partial charge in [0.2, 0.25) is 11.8 Å². The highest BCUT2D eigenvalue weighted by Gasteiger charge is 2.09. The number of hydrogen-bond donors (Lipinski definition) is 2. The van der Waals surface area contributed by atoms with E-state index in [1.54, 1.807) is 6.92 Å². The van der Waals surface area contributed by atoms with Crippen LogP contribution in [0, 0.1) is 0 Å². The van der Waals surface area contributed by atoms with E-state index in [9.17, 15) is 9.59 Å². The van der Waals surface area contributed by atoms with Gasteiger partial charge in [0.05, 0.1) is 0 Å². The molecule has 0 unspecified atom stereocenters. The van der Waals surface area contributed by atoms with Crippen LogP contribution in [0.3, 0.4) is 0 Å². The lowest BCUT2D eigenvalue weighted by Gasteiger charge is -2.08. The van der Waals surface area contributed by atoms with Crippen LogP contribution >= 0.6 is 11.6 Å². The Hall–Kier alpha value is -1.55. The maximum atomic E-state index is 11.7. The number of alkyl halides is 1. The van der Waals surface area contributed by atoms with Gasteiger partial charge in [-0.3, -0.25) is 9.59 Å². The van der Waals surface area contributed by atoms with E-state index in [1.165, 1.54) is 18.4 Å². The predicted molar refractivity (Wildman–Crippen MR) is 86.6 cm³/mol. The first-order chi connectivity index (χ1) is 10.0. The molecule has 0 aliphatic carbocycles. The number of hydrogen-bond acceptors (Lipinski definition) is 2. The van der Waals surface area contributed by atoms with Crippen molar-refractivity contribution in [3.63, 3.8) is 0 Å². The highest BCUT2D eigenvalue weighted by Crippen LogP contribution is 2.12. The average Bonchev–Trinajstić information content (AvgIpc) is 2.46. The zero-order valence-corrected chi connectivity index (χ0v) is 13.4. The van der Waals surface area contributed by atoms with Crippen LogP contribution in [0.2, 0.25) is 0 Å². The summed E-state index contributed by atoms with van der Waals surface area (Å²) in [7, 11) is 0. The summed E-state index contributed by atoms with van der Waals surface area (Å²) >= 11 is 5.61. The van der Waals surface area contributed by atoms with Gasteiger partial charge in [-0.25, -0.2) is 0 Å². The summed E-state index contributed by atoms with van der Waals surface area (Å²) in [6.07, 6.45) is 3.63. The summed E-state index contributed by atoms with van der Waals surface area (Å²) in [5.74, 6) is -0.386. The lowest BCUT2D eigenvalue weighted by molar-refractivity contribution is -0.120. The van der Waals surface area contributed by atoms with Crippen LogP contribution in [0.4, 0.5) is 5.69 Å². The van der Waals surface area contributed by atoms with Crippen molar-refractivity contribution in [1.29, 1.82) is 0 Å². The molecule has 0 radical (unpaired) electrons. The Kier molecular flexibility index (Phi) is 7.83. The van der Waals surface area contributed by atoms with E-state index in [-0.39, 0.29) is 24.8 Å². The number of aryl methyl sites for hydroxylation is 1. The van der Waals surface area contributed by atoms with Crippen molar-refractivity contribution in [2.24, 2.45) is 0 Å². The van der Waals surface area contributed by atoms with Gasteiger partial charge < -0.3 is 10.6 Å². The van der Waals surface area contributed by atoms with E-state index in [0.717, 1.165) is 12.1 Å². The topological polar surface area (TPSA) is 58.2 Å². The quantitative estimate of drug-likeness (QED) is 0.725. The molecular formula is C16H23ClN2O2. The van der Waals surface area contributed by atoms with E-state index in [2.05, 4.69) is 17.6 Å². The van der Waals surface area contributed by atoms with Gasteiger partial charge >= 0.3 is 0 Å². The number of anilines is 1. The zero-order chi connectivity index (χ0) is 15.7. The van der Waals surface area contributed by atoms with Crippen molar-refractivity contribution in [2.45, 2.75) is 44.9 Å². The lowest BCUT2D eigenvalue weighted by Crippen LogP contribution is -2.32. The maximum Gasteiger partial charge on any atom is 0.237 e. The Morgan fingerprint density at radius 2 is 1.90 bits per heavy atom. The number of carbonyl (C=O) groups excluding carboxylic acids is 2. The van der Waals surface area contributed by atoms with E-state index in [1.807, 2.05) is 24.3 Å². The van der Waals surface area contributed by atoms with Gasteiger partial charge in [0.1, 0.15) is 5.38 Å². The second kappa shape index (κ2) is 9.40. The Labute approximate surface area is 131 Å². The molecule has 116 valence electrons. The SMILES string of the molecule is CCCCc1ccc(NC(=O)CCNC(=O)[C@H](C)Cl)cc1. The fraction of sp³-hybridized carbons (Fsp3) is 0.500. The van der Waals surface area contributed by atoms with Crippen molar-refractivity contribution < 1.29 is 9.59 Å². The second-order valence-corrected chi connectivity index (χ2v) is 5.66. The Morgan fingerprint density at radius 1 is 1.24 bits per heavy atom. The molecule has 2 amide bonds. The zero-order valence-electron chi connectivity index (χ0n) is 12.6. The summed E-state index contributed by atoms with van der Waals surface area (Å²) in [6, 6.07) is 7.87. The molecule has 0 saturated carbocycles. The number of carbonyl (C=O) groups is 2. The van der Waals surface area contributed by atoms with Gasteiger partial charge in [-0.15, -0.1) is 11.6 Å². The standard InChI is InChI=1S/C16H23ClN2O2/c1-3-4-5-13-6-8-14(9-7-13)19-15(20)10-11-18-16(21)12(2)17/h6-9,12H,3-5,10-11H2,1-2H3,(H,18,21)(H,19,20)/t12-/m0/s1. The summed E-state index contributed by atoms with van der Waals surface area (Å²) in [4.78, 5) is 23.0. The largest absolute Gasteiger partial charge is 0.354 e. The van der Waals surface area contributed by atoms with Gasteiger partial charge in [0.15, 0.2) is 0 Å². The van der Waals surface area contributed by atoms with Crippen LogP contribution in [0.15, 0.2) is 24.3 Å². The third-order valence-corrected chi connectivity index (χ3v) is 3.27. The number of halogens is 1. The highest BCUT2D eigenvalue weighted by atomic mass is 35.5. The smallest absolute Gasteiger partial charge is 0.237 e. The summed E-state index contributed by atoms with van der Waals surface area (Å²) < 4.78 is 0. The molecule has 0 heterocycles. The van der Waals surface area contributed by atoms with Crippen LogP contribution < -0.4 is 10.6 Å². The first kappa shape index (κ1) is 17.5. The third kappa shape index (κ3) is 7.14. The van der Waals surface area contributed by atoms with E-state index in [0.29, 0.717) is 0 Å². The molecule has 1 atom stereocenters. The van der Waals surface area contributed by atoms with Crippen molar-refractivity contribution in [3.8, 4) is 0 Å². The Bertz CT molecular complexity index is 458. The molecule has 0 aliphatic heterocycles. The number of rotatable bonds is 8. The minimum atomic E-state index is -0.580. The van der Waals surface area contributed by atoms with Crippen molar-refractivity contribution in [2.75, 3.05) is 11.9 Å². The first-order valence-corrected chi connectivity index (χ1v) is 7.77. The summed E-state index contributed by atoms with van der Waals surface area (Å²) in [5, 5.41) is 4.82. The predicted octanol–water partition coefficient (Wildman–Crippen LogP) is 3.10. The molecule has 1 aromatic carbocycles. The number of benzene rings is 1. The van der Waals surface area contributed by atoms with Crippen LogP contribution in [0.5, 0.6) is 0 Å². The maximum absolute atomic E-state index is 11.7. The minimum absolute atomic E-state index is 0.126. The van der Waals surface area contributed by atoms with E-state index in [4.69, 9.17) is 11.6 Å². The second-order valence-electron chi connectivity index (χ2n) is 5.01. The molecule has 2 N–H and O–H groups in total. The molecule has 4 nitrogen and oxygen atoms in total. The average molecular weight is 311 g/mol. The Morgan fingerprint density at radius 3 is 2.48 bits per heavy atom. The summed E-state index contributed by atoms with van der Waals surface area (Å²) in [6.45, 7) is 4.05. The van der Waals surface area contributed by atoms with Crippen LogP contribution in [-0.4, -0.2) is 23.7 Å². The highest BCUT2D eigenvalue weighted by molar-refractivity contribution is 6.30. The molecule has 0 fully saturated rings. The van der Waals surface area contributed by atoms with Gasteiger partial charge in [0, 0.05) is 18.7 Å². The monoisotopic (exact) mass is 310 g/mol. The van der Waals surface area contributed by atoms with Crippen LogP contribution in [0.25, 0.3) is 0 Å². The molecule has 0 aliphatic rings. The number of unbranched alkanes of at least 4 members (excludes halogenated alkanes) is 1. The lowest BCUT2D eigenvalue weighted by atomic mass is 10.1. The molecule has 21 heavy (non-hydrogen) atoms. The fourth-order valence-electron chi connectivity index (χ4n) is 1.80. The van der Waals surface area contributed by atoms with Crippen molar-refractivity contribution in [1.82, 2.24) is 5.32 Å². The van der Waals surface area contributed by atoms with E-state index >= 15 is 0 Å². The van der Waals surface area contributed by atoms with Crippen LogP contribution in [-0.2, 0) is 16.0 Å². The molecule has 1 rings (SSSR count). The molecule has 0 saturated heterocycles. The van der Waals surface area contributed by atoms with Gasteiger partial charge in [-0.2, -0.15) is 0 Å². The molecule has 0 spiro atoms. The number of amides is 2. The van der Waals surface area contributed by atoms with E-state index < -0.39 is 5.38 Å². The molecule has 0 bridgehead atoms. The van der Waals surface area contributed by atoms with Crippen molar-refractivity contribution >= 4 is 29.1 Å². The molecule has 1 aromatic rings. The molecule has 5 heteroatoms. The minimum Gasteiger partial charge on any atom is -0.354 e. The third-order valence-electron chi connectivity index (χ3n) is 3.07. The normalized spacial score (nSPS) is 11.8. The molecular weight excluding hydrogens is 288 g/mol. The van der Waals surface area contributed by atoms with Crippen molar-refractivity contribution in [3.05, 3.63) is 29.8 Å². The summed E-state index contributed by atoms with van der Waals surface area (Å²) in [5.41, 5.74) is 2.05. The first-order valence-electron chi connectivity index (χ1n) is 7.33. The van der Waals surface area contributed by atoms with Crippen LogP contribution in [0.1, 0.15) is 38.7 Å². The number of nitrogens with one attached hydrogen (secondary N) is 2. The van der Waals surface area contributed by atoms with Gasteiger partial charge in [-0.1, -0.05) is 25.5 Å². The fourth-order valence-corrected chi connectivity index (χ4v) is 1.88.